The van der Waals surface area contributed by atoms with Crippen LogP contribution in [-0.2, 0) is 9.53 Å². The van der Waals surface area contributed by atoms with Crippen molar-refractivity contribution >= 4 is 17.3 Å². The van der Waals surface area contributed by atoms with E-state index in [4.69, 9.17) is 0 Å². The lowest BCUT2D eigenvalue weighted by Crippen LogP contribution is -2.19. The number of methoxy groups -OCH3 is 1. The monoisotopic (exact) mass is 254 g/mol. The van der Waals surface area contributed by atoms with E-state index in [0.717, 1.165) is 5.01 Å². The summed E-state index contributed by atoms with van der Waals surface area (Å²) in [6.45, 7) is 6.46. The van der Waals surface area contributed by atoms with Crippen LogP contribution in [0.5, 0.6) is 0 Å². The summed E-state index contributed by atoms with van der Waals surface area (Å²) in [7, 11) is 1.38. The van der Waals surface area contributed by atoms with Crippen molar-refractivity contribution in [3.05, 3.63) is 27.7 Å². The van der Waals surface area contributed by atoms with Crippen molar-refractivity contribution in [3.63, 3.8) is 0 Å². The number of rotatable bonds is 5. The van der Waals surface area contributed by atoms with Crippen LogP contribution in [0.15, 0.2) is 17.8 Å². The molecule has 1 N–H and O–H groups in total. The van der Waals surface area contributed by atoms with Crippen LogP contribution >= 0.6 is 11.3 Å². The maximum absolute atomic E-state index is 11.1. The molecule has 1 aromatic heterocycles. The summed E-state index contributed by atoms with van der Waals surface area (Å²) in [4.78, 5) is 16.6. The number of nitrogens with zero attached hydrogens (tertiary/aromatic N) is 1. The first-order valence-electron chi connectivity index (χ1n) is 5.45. The van der Waals surface area contributed by atoms with Gasteiger partial charge in [0.15, 0.2) is 0 Å². The molecule has 94 valence electrons. The van der Waals surface area contributed by atoms with Gasteiger partial charge in [0.05, 0.1) is 13.2 Å². The minimum Gasteiger partial charge on any atom is -0.466 e. The number of carbonyl (C=O) groups excluding carboxylic acids is 1. The van der Waals surface area contributed by atoms with E-state index >= 15 is 0 Å². The van der Waals surface area contributed by atoms with Crippen molar-refractivity contribution in [2.45, 2.75) is 26.8 Å². The molecule has 17 heavy (non-hydrogen) atoms. The van der Waals surface area contributed by atoms with E-state index in [-0.39, 0.29) is 12.0 Å². The van der Waals surface area contributed by atoms with E-state index in [2.05, 4.69) is 22.0 Å². The topological polar surface area (TPSA) is 51.2 Å². The maximum Gasteiger partial charge on any atom is 0.333 e. The highest BCUT2D eigenvalue weighted by Crippen LogP contribution is 2.18. The first kappa shape index (κ1) is 13.9. The van der Waals surface area contributed by atoms with Crippen LogP contribution in [0.25, 0.3) is 0 Å². The van der Waals surface area contributed by atoms with E-state index in [1.807, 2.05) is 19.2 Å². The summed E-state index contributed by atoms with van der Waals surface area (Å²) in [5, 5.41) is 4.35. The van der Waals surface area contributed by atoms with Gasteiger partial charge in [-0.2, -0.15) is 0 Å². The lowest BCUT2D eigenvalue weighted by molar-refractivity contribution is -0.136. The second-order valence-corrected chi connectivity index (χ2v) is 5.08. The zero-order valence-corrected chi connectivity index (χ0v) is 11.4. The average Bonchev–Trinajstić information content (AvgIpc) is 2.74. The van der Waals surface area contributed by atoms with Crippen molar-refractivity contribution in [2.24, 2.45) is 0 Å². The second-order valence-electron chi connectivity index (χ2n) is 3.82. The predicted octanol–water partition coefficient (Wildman–Crippen LogP) is 2.22. The third kappa shape index (κ3) is 4.28. The Morgan fingerprint density at radius 1 is 1.71 bits per heavy atom. The maximum atomic E-state index is 11.1. The van der Waals surface area contributed by atoms with Gasteiger partial charge in [-0.15, -0.1) is 11.3 Å². The summed E-state index contributed by atoms with van der Waals surface area (Å²) >= 11 is 1.68. The highest BCUT2D eigenvalue weighted by Gasteiger charge is 2.08. The van der Waals surface area contributed by atoms with Crippen LogP contribution in [0.1, 0.15) is 29.8 Å². The number of esters is 1. The molecule has 0 saturated heterocycles. The molecule has 5 heteroatoms. The Balaban J connectivity index is 2.44. The molecule has 0 aliphatic rings. The molecule has 0 fully saturated rings. The molecule has 0 saturated carbocycles. The van der Waals surface area contributed by atoms with Crippen LogP contribution in [0, 0.1) is 6.92 Å². The molecular weight excluding hydrogens is 236 g/mol. The van der Waals surface area contributed by atoms with Crippen molar-refractivity contribution in [1.29, 1.82) is 0 Å². The summed E-state index contributed by atoms with van der Waals surface area (Å²) < 4.78 is 4.61. The number of nitrogens with one attached hydrogen (secondary N) is 1. The Kier molecular flexibility index (Phi) is 5.31. The van der Waals surface area contributed by atoms with Gasteiger partial charge >= 0.3 is 5.97 Å². The van der Waals surface area contributed by atoms with Crippen molar-refractivity contribution in [2.75, 3.05) is 13.7 Å². The minimum atomic E-state index is -0.287. The lowest BCUT2D eigenvalue weighted by atomic mass is 10.2. The van der Waals surface area contributed by atoms with Crippen LogP contribution in [0.2, 0.25) is 0 Å². The smallest absolute Gasteiger partial charge is 0.333 e. The summed E-state index contributed by atoms with van der Waals surface area (Å²) in [6.07, 6.45) is 3.69. The molecule has 1 aromatic rings. The summed E-state index contributed by atoms with van der Waals surface area (Å²) in [6, 6.07) is 0.190. The van der Waals surface area contributed by atoms with Gasteiger partial charge in [-0.3, -0.25) is 0 Å². The fourth-order valence-corrected chi connectivity index (χ4v) is 2.09. The number of aromatic nitrogens is 1. The van der Waals surface area contributed by atoms with Crippen LogP contribution in [-0.4, -0.2) is 24.6 Å². The Hall–Kier alpha value is -1.20. The zero-order valence-electron chi connectivity index (χ0n) is 10.6. The first-order valence-corrected chi connectivity index (χ1v) is 6.27. The third-order valence-electron chi connectivity index (χ3n) is 2.35. The van der Waals surface area contributed by atoms with E-state index in [9.17, 15) is 4.79 Å². The molecule has 0 radical (unpaired) electrons. The van der Waals surface area contributed by atoms with Gasteiger partial charge in [-0.25, -0.2) is 9.78 Å². The molecule has 4 nitrogen and oxygen atoms in total. The first-order chi connectivity index (χ1) is 8.04. The zero-order chi connectivity index (χ0) is 12.8. The normalized spacial score (nSPS) is 13.5. The van der Waals surface area contributed by atoms with Gasteiger partial charge in [0, 0.05) is 23.2 Å². The Labute approximate surface area is 106 Å². The number of aryl methyl sites for hydroxylation is 1. The molecule has 1 unspecified atom stereocenters. The highest BCUT2D eigenvalue weighted by atomic mass is 32.1. The fraction of sp³-hybridized carbons (Fsp3) is 0.500. The van der Waals surface area contributed by atoms with E-state index in [1.165, 1.54) is 12.0 Å². The number of hydrogen-bond acceptors (Lipinski definition) is 5. The van der Waals surface area contributed by atoms with Gasteiger partial charge in [-0.1, -0.05) is 6.08 Å². The van der Waals surface area contributed by atoms with Gasteiger partial charge in [-0.05, 0) is 20.8 Å². The van der Waals surface area contributed by atoms with Crippen LogP contribution < -0.4 is 5.32 Å². The van der Waals surface area contributed by atoms with Gasteiger partial charge in [0.25, 0.3) is 0 Å². The molecule has 1 heterocycles. The fourth-order valence-electron chi connectivity index (χ4n) is 1.29. The minimum absolute atomic E-state index is 0.190. The average molecular weight is 254 g/mol. The van der Waals surface area contributed by atoms with Gasteiger partial charge in [0.2, 0.25) is 0 Å². The molecule has 1 atom stereocenters. The van der Waals surface area contributed by atoms with Gasteiger partial charge < -0.3 is 10.1 Å². The third-order valence-corrected chi connectivity index (χ3v) is 3.44. The van der Waals surface area contributed by atoms with Crippen molar-refractivity contribution < 1.29 is 9.53 Å². The molecular formula is C12H18N2O2S. The second kappa shape index (κ2) is 6.51. The number of hydrogen-bond donors (Lipinski definition) is 1. The Bertz CT molecular complexity index is 412. The lowest BCUT2D eigenvalue weighted by Gasteiger charge is -2.09. The van der Waals surface area contributed by atoms with Gasteiger partial charge in [0.1, 0.15) is 5.01 Å². The molecule has 0 bridgehead atoms. The van der Waals surface area contributed by atoms with Crippen molar-refractivity contribution in [3.8, 4) is 0 Å². The van der Waals surface area contributed by atoms with E-state index in [0.29, 0.717) is 12.1 Å². The molecule has 0 amide bonds. The molecule has 0 aliphatic carbocycles. The van der Waals surface area contributed by atoms with Crippen molar-refractivity contribution in [1.82, 2.24) is 10.3 Å². The summed E-state index contributed by atoms with van der Waals surface area (Å²) in [5.74, 6) is -0.287. The quantitative estimate of drug-likeness (QED) is 0.646. The predicted molar refractivity (Wildman–Crippen MR) is 69.0 cm³/mol. The van der Waals surface area contributed by atoms with E-state index in [1.54, 1.807) is 18.3 Å². The number of ether oxygens (including phenoxy) is 1. The molecule has 1 rings (SSSR count). The SMILES string of the molecule is COC(=O)/C(C)=C/CNC(C)c1ncc(C)s1. The summed E-state index contributed by atoms with van der Waals surface area (Å²) in [5.41, 5.74) is 0.613. The Morgan fingerprint density at radius 3 is 2.94 bits per heavy atom. The molecule has 0 aliphatic heterocycles. The standard InChI is InChI=1S/C12H18N2O2S/c1-8(12(15)16-4)5-6-13-10(3)11-14-7-9(2)17-11/h5,7,10,13H,6H2,1-4H3/b8-5+. The highest BCUT2D eigenvalue weighted by molar-refractivity contribution is 7.11. The number of thiazole rings is 1. The van der Waals surface area contributed by atoms with E-state index < -0.39 is 0 Å². The Morgan fingerprint density at radius 2 is 2.41 bits per heavy atom. The van der Waals surface area contributed by atoms with Crippen LogP contribution in [0.3, 0.4) is 0 Å². The van der Waals surface area contributed by atoms with Crippen LogP contribution in [0.4, 0.5) is 0 Å². The number of carbonyl (C=O) groups is 1. The molecule has 0 spiro atoms. The molecule has 0 aromatic carbocycles. The largest absolute Gasteiger partial charge is 0.466 e.